The smallest absolute Gasteiger partial charge is 0.243 e. The molecule has 0 N–H and O–H groups in total. The fraction of sp³-hybridized carbons (Fsp3) is 0.350. The molecule has 0 aliphatic carbocycles. The Kier molecular flexibility index (Phi) is 5.73. The third-order valence-electron chi connectivity index (χ3n) is 4.82. The van der Waals surface area contributed by atoms with E-state index in [4.69, 9.17) is 9.72 Å². The fourth-order valence-corrected chi connectivity index (χ4v) is 5.78. The van der Waals surface area contributed by atoms with Gasteiger partial charge in [0.05, 0.1) is 29.1 Å². The minimum atomic E-state index is -3.52. The molecule has 0 atom stereocenters. The Labute approximate surface area is 169 Å². The summed E-state index contributed by atoms with van der Waals surface area (Å²) in [6.45, 7) is 4.51. The van der Waals surface area contributed by atoms with Gasteiger partial charge in [-0.15, -0.1) is 0 Å². The number of ether oxygens (including phenoxy) is 1. The van der Waals surface area contributed by atoms with Crippen molar-refractivity contribution in [2.75, 3.05) is 26.3 Å². The lowest BCUT2D eigenvalue weighted by Gasteiger charge is -2.26. The van der Waals surface area contributed by atoms with E-state index in [1.807, 2.05) is 24.3 Å². The van der Waals surface area contributed by atoms with E-state index in [0.29, 0.717) is 36.7 Å². The minimum absolute atomic E-state index is 0.294. The molecule has 0 saturated carbocycles. The van der Waals surface area contributed by atoms with E-state index >= 15 is 0 Å². The van der Waals surface area contributed by atoms with Crippen LogP contribution in [0.3, 0.4) is 0 Å². The molecule has 4 rings (SSSR count). The molecule has 0 spiro atoms. The van der Waals surface area contributed by atoms with Gasteiger partial charge >= 0.3 is 0 Å². The van der Waals surface area contributed by atoms with Gasteiger partial charge in [-0.2, -0.15) is 4.31 Å². The Bertz CT molecular complexity index is 1060. The van der Waals surface area contributed by atoms with Crippen LogP contribution in [0.1, 0.15) is 12.5 Å². The van der Waals surface area contributed by atoms with Crippen molar-refractivity contribution in [2.45, 2.75) is 29.3 Å². The van der Waals surface area contributed by atoms with Gasteiger partial charge in [-0.25, -0.2) is 13.4 Å². The molecule has 0 bridgehead atoms. The average molecular weight is 418 g/mol. The van der Waals surface area contributed by atoms with E-state index in [0.717, 1.165) is 23.0 Å². The molecule has 1 aromatic heterocycles. The first-order valence-corrected chi connectivity index (χ1v) is 11.8. The summed E-state index contributed by atoms with van der Waals surface area (Å²) in [6, 6.07) is 15.5. The molecule has 1 aliphatic rings. The van der Waals surface area contributed by atoms with Crippen LogP contribution in [0.25, 0.3) is 11.0 Å². The zero-order chi connectivity index (χ0) is 19.6. The molecule has 0 unspecified atom stereocenters. The molecule has 28 heavy (non-hydrogen) atoms. The molecular weight excluding hydrogens is 394 g/mol. The quantitative estimate of drug-likeness (QED) is 0.576. The van der Waals surface area contributed by atoms with Crippen molar-refractivity contribution in [1.29, 1.82) is 0 Å². The normalized spacial score (nSPS) is 15.9. The number of nitrogens with zero attached hydrogens (tertiary/aromatic N) is 3. The number of fused-ring (bicyclic) bond motifs is 1. The van der Waals surface area contributed by atoms with Crippen LogP contribution in [-0.4, -0.2) is 48.6 Å². The highest BCUT2D eigenvalue weighted by Gasteiger charge is 2.27. The number of imidazole rings is 1. The van der Waals surface area contributed by atoms with Gasteiger partial charge in [-0.05, 0) is 30.7 Å². The molecule has 148 valence electrons. The van der Waals surface area contributed by atoms with E-state index < -0.39 is 10.0 Å². The van der Waals surface area contributed by atoms with Crippen LogP contribution in [0, 0.1) is 0 Å². The molecule has 2 heterocycles. The summed E-state index contributed by atoms with van der Waals surface area (Å²) in [5.74, 6) is 0.823. The standard InChI is InChI=1S/C20H23N3O3S2/c1-2-23-19-9-8-17(28(24,25)22-10-12-26-13-11-22)14-18(19)21-20(23)27-15-16-6-4-3-5-7-16/h3-9,14H,2,10-13,15H2,1H3. The van der Waals surface area contributed by atoms with Crippen LogP contribution < -0.4 is 0 Å². The van der Waals surface area contributed by atoms with Crippen molar-refractivity contribution in [3.8, 4) is 0 Å². The average Bonchev–Trinajstić information content (AvgIpc) is 3.10. The Morgan fingerprint density at radius 3 is 2.57 bits per heavy atom. The maximum absolute atomic E-state index is 12.9. The van der Waals surface area contributed by atoms with Gasteiger partial charge in [0.1, 0.15) is 0 Å². The second-order valence-electron chi connectivity index (χ2n) is 6.58. The van der Waals surface area contributed by atoms with Crippen LogP contribution in [0.2, 0.25) is 0 Å². The molecule has 2 aromatic carbocycles. The van der Waals surface area contributed by atoms with E-state index in [-0.39, 0.29) is 0 Å². The highest BCUT2D eigenvalue weighted by molar-refractivity contribution is 7.98. The Hall–Kier alpha value is -1.87. The van der Waals surface area contributed by atoms with Gasteiger partial charge in [0.15, 0.2) is 5.16 Å². The summed E-state index contributed by atoms with van der Waals surface area (Å²) in [4.78, 5) is 5.03. The number of hydrogen-bond donors (Lipinski definition) is 0. The zero-order valence-corrected chi connectivity index (χ0v) is 17.4. The second-order valence-corrected chi connectivity index (χ2v) is 9.46. The minimum Gasteiger partial charge on any atom is -0.379 e. The number of benzene rings is 2. The van der Waals surface area contributed by atoms with Gasteiger partial charge in [-0.1, -0.05) is 42.1 Å². The number of hydrogen-bond acceptors (Lipinski definition) is 5. The molecule has 0 radical (unpaired) electrons. The number of morpholine rings is 1. The molecule has 1 saturated heterocycles. The van der Waals surface area contributed by atoms with Crippen molar-refractivity contribution < 1.29 is 13.2 Å². The van der Waals surface area contributed by atoms with Gasteiger partial charge < -0.3 is 9.30 Å². The van der Waals surface area contributed by atoms with E-state index in [9.17, 15) is 8.42 Å². The van der Waals surface area contributed by atoms with Gasteiger partial charge in [0.2, 0.25) is 10.0 Å². The zero-order valence-electron chi connectivity index (χ0n) is 15.7. The summed E-state index contributed by atoms with van der Waals surface area (Å²) in [6.07, 6.45) is 0. The maximum atomic E-state index is 12.9. The van der Waals surface area contributed by atoms with E-state index in [1.165, 1.54) is 9.87 Å². The third-order valence-corrected chi connectivity index (χ3v) is 7.76. The van der Waals surface area contributed by atoms with Crippen LogP contribution in [-0.2, 0) is 27.1 Å². The van der Waals surface area contributed by atoms with E-state index in [2.05, 4.69) is 23.6 Å². The summed E-state index contributed by atoms with van der Waals surface area (Å²) in [7, 11) is -3.52. The molecule has 3 aromatic rings. The SMILES string of the molecule is CCn1c(SCc2ccccc2)nc2cc(S(=O)(=O)N3CCOCC3)ccc21. The first kappa shape index (κ1) is 19.4. The highest BCUT2D eigenvalue weighted by Crippen LogP contribution is 2.29. The predicted molar refractivity (Wildman–Crippen MR) is 111 cm³/mol. The first-order valence-electron chi connectivity index (χ1n) is 9.34. The largest absolute Gasteiger partial charge is 0.379 e. The summed E-state index contributed by atoms with van der Waals surface area (Å²) in [5, 5.41) is 0.905. The molecular formula is C20H23N3O3S2. The number of sulfonamides is 1. The second kappa shape index (κ2) is 8.24. The highest BCUT2D eigenvalue weighted by atomic mass is 32.2. The summed E-state index contributed by atoms with van der Waals surface area (Å²) >= 11 is 1.67. The lowest BCUT2D eigenvalue weighted by molar-refractivity contribution is 0.0730. The van der Waals surface area contributed by atoms with Gasteiger partial charge in [0, 0.05) is 25.4 Å². The van der Waals surface area contributed by atoms with Crippen molar-refractivity contribution >= 4 is 32.8 Å². The van der Waals surface area contributed by atoms with Crippen LogP contribution in [0.15, 0.2) is 58.6 Å². The van der Waals surface area contributed by atoms with Crippen LogP contribution in [0.5, 0.6) is 0 Å². The molecule has 1 fully saturated rings. The van der Waals surface area contributed by atoms with Crippen molar-refractivity contribution in [3.05, 3.63) is 54.1 Å². The summed E-state index contributed by atoms with van der Waals surface area (Å²) in [5.41, 5.74) is 2.91. The molecule has 1 aliphatic heterocycles. The van der Waals surface area contributed by atoms with Crippen molar-refractivity contribution in [3.63, 3.8) is 0 Å². The predicted octanol–water partition coefficient (Wildman–Crippen LogP) is 3.37. The lowest BCUT2D eigenvalue weighted by Crippen LogP contribution is -2.40. The first-order chi connectivity index (χ1) is 13.6. The van der Waals surface area contributed by atoms with Crippen molar-refractivity contribution in [1.82, 2.24) is 13.9 Å². The molecule has 8 heteroatoms. The van der Waals surface area contributed by atoms with Crippen LogP contribution >= 0.6 is 11.8 Å². The summed E-state index contributed by atoms with van der Waals surface area (Å²) < 4.78 is 34.8. The van der Waals surface area contributed by atoms with E-state index in [1.54, 1.807) is 23.9 Å². The van der Waals surface area contributed by atoms with Crippen molar-refractivity contribution in [2.24, 2.45) is 0 Å². The molecule has 0 amide bonds. The molecule has 6 nitrogen and oxygen atoms in total. The maximum Gasteiger partial charge on any atom is 0.243 e. The lowest BCUT2D eigenvalue weighted by atomic mass is 10.2. The Morgan fingerprint density at radius 2 is 1.86 bits per heavy atom. The Balaban J connectivity index is 1.64. The third kappa shape index (κ3) is 3.82. The van der Waals surface area contributed by atoms with Crippen LogP contribution in [0.4, 0.5) is 0 Å². The fourth-order valence-electron chi connectivity index (χ4n) is 3.32. The monoisotopic (exact) mass is 417 g/mol. The topological polar surface area (TPSA) is 64.4 Å². The number of rotatable bonds is 6. The van der Waals surface area contributed by atoms with Gasteiger partial charge in [0.25, 0.3) is 0 Å². The van der Waals surface area contributed by atoms with Gasteiger partial charge in [-0.3, -0.25) is 0 Å². The number of thioether (sulfide) groups is 1. The Morgan fingerprint density at radius 1 is 1.11 bits per heavy atom. The number of aromatic nitrogens is 2. The number of aryl methyl sites for hydroxylation is 1.